The number of imidazole rings is 1. The molecule has 3 aromatic heterocycles. The summed E-state index contributed by atoms with van der Waals surface area (Å²) in [6.07, 6.45) is 7.35. The van der Waals surface area contributed by atoms with E-state index >= 15 is 0 Å². The third-order valence-corrected chi connectivity index (χ3v) is 3.51. The molecule has 1 N–H and O–H groups in total. The average molecular weight is 281 g/mol. The van der Waals surface area contributed by atoms with Crippen molar-refractivity contribution in [3.8, 4) is 11.4 Å². The predicted octanol–water partition coefficient (Wildman–Crippen LogP) is 3.18. The summed E-state index contributed by atoms with van der Waals surface area (Å²) in [6, 6.07) is 6.07. The number of pyridine rings is 1. The number of fused-ring (bicyclic) bond motifs is 1. The zero-order chi connectivity index (χ0) is 14.7. The molecule has 0 fully saturated rings. The first-order chi connectivity index (χ1) is 10.3. The highest BCUT2D eigenvalue weighted by molar-refractivity contribution is 5.68. The molecule has 5 nitrogen and oxygen atoms in total. The molecule has 0 unspecified atom stereocenters. The Morgan fingerprint density at radius 2 is 2.05 bits per heavy atom. The second-order valence-corrected chi connectivity index (χ2v) is 4.90. The number of hydrogen-bond acceptors (Lipinski definition) is 4. The second-order valence-electron chi connectivity index (χ2n) is 4.90. The third-order valence-electron chi connectivity index (χ3n) is 3.51. The molecule has 0 aliphatic rings. The highest BCUT2D eigenvalue weighted by Crippen LogP contribution is 2.26. The lowest BCUT2D eigenvalue weighted by atomic mass is 10.1. The Bertz CT molecular complexity index is 747. The van der Waals surface area contributed by atoms with Gasteiger partial charge in [0.15, 0.2) is 0 Å². The number of nitrogens with zero attached hydrogens (tertiary/aromatic N) is 4. The number of nitrogens with one attached hydrogen (secondary N) is 1. The van der Waals surface area contributed by atoms with Crippen LogP contribution in [0.15, 0.2) is 36.9 Å². The van der Waals surface area contributed by atoms with Crippen LogP contribution in [-0.4, -0.2) is 25.9 Å². The fraction of sp³-hybridized carbons (Fsp3) is 0.312. The molecular weight excluding hydrogens is 262 g/mol. The van der Waals surface area contributed by atoms with Crippen molar-refractivity contribution in [2.45, 2.75) is 26.7 Å². The summed E-state index contributed by atoms with van der Waals surface area (Å²) in [6.45, 7) is 5.19. The Kier molecular flexibility index (Phi) is 3.81. The van der Waals surface area contributed by atoms with Gasteiger partial charge in [0, 0.05) is 24.5 Å². The summed E-state index contributed by atoms with van der Waals surface area (Å²) in [7, 11) is 0. The molecule has 0 aliphatic carbocycles. The fourth-order valence-corrected chi connectivity index (χ4v) is 2.50. The topological polar surface area (TPSA) is 55.1 Å². The first kappa shape index (κ1) is 13.5. The van der Waals surface area contributed by atoms with Gasteiger partial charge in [-0.05, 0) is 25.0 Å². The average Bonchev–Trinajstić information content (AvgIpc) is 3.01. The zero-order valence-electron chi connectivity index (χ0n) is 12.4. The first-order valence-electron chi connectivity index (χ1n) is 7.35. The number of rotatable bonds is 5. The molecule has 108 valence electrons. The van der Waals surface area contributed by atoms with E-state index in [1.54, 1.807) is 6.33 Å². The zero-order valence-corrected chi connectivity index (χ0v) is 12.4. The van der Waals surface area contributed by atoms with Crippen LogP contribution in [0.1, 0.15) is 25.8 Å². The molecule has 0 amide bonds. The monoisotopic (exact) mass is 281 g/mol. The minimum atomic E-state index is 0.882. The third kappa shape index (κ3) is 2.46. The van der Waals surface area contributed by atoms with E-state index in [4.69, 9.17) is 0 Å². The van der Waals surface area contributed by atoms with Gasteiger partial charge >= 0.3 is 0 Å². The van der Waals surface area contributed by atoms with Gasteiger partial charge in [-0.15, -0.1) is 0 Å². The number of aromatic nitrogens is 4. The van der Waals surface area contributed by atoms with E-state index in [1.807, 2.05) is 24.5 Å². The Balaban J connectivity index is 2.15. The van der Waals surface area contributed by atoms with Gasteiger partial charge in [-0.3, -0.25) is 4.40 Å². The molecule has 0 aliphatic heterocycles. The molecule has 21 heavy (non-hydrogen) atoms. The molecule has 3 heterocycles. The Morgan fingerprint density at radius 1 is 1.14 bits per heavy atom. The summed E-state index contributed by atoms with van der Waals surface area (Å²) in [5.74, 6) is 0.932. The molecule has 0 saturated carbocycles. The molecule has 0 saturated heterocycles. The fourth-order valence-electron chi connectivity index (χ4n) is 2.50. The maximum Gasteiger partial charge on any atom is 0.137 e. The van der Waals surface area contributed by atoms with E-state index in [0.717, 1.165) is 47.8 Å². The molecule has 0 aromatic carbocycles. The van der Waals surface area contributed by atoms with Gasteiger partial charge in [0.1, 0.15) is 17.8 Å². The Labute approximate surface area is 124 Å². The van der Waals surface area contributed by atoms with Crippen LogP contribution in [-0.2, 0) is 6.42 Å². The van der Waals surface area contributed by atoms with Gasteiger partial charge in [-0.1, -0.05) is 19.9 Å². The normalized spacial score (nSPS) is 11.0. The van der Waals surface area contributed by atoms with Crippen molar-refractivity contribution in [3.63, 3.8) is 0 Å². The van der Waals surface area contributed by atoms with Crippen LogP contribution >= 0.6 is 0 Å². The summed E-state index contributed by atoms with van der Waals surface area (Å²) in [5, 5.41) is 3.39. The van der Waals surface area contributed by atoms with Gasteiger partial charge in [0.25, 0.3) is 0 Å². The maximum absolute atomic E-state index is 4.52. The molecule has 5 heteroatoms. The van der Waals surface area contributed by atoms with Crippen LogP contribution < -0.4 is 5.32 Å². The molecule has 3 rings (SSSR count). The lowest BCUT2D eigenvalue weighted by Gasteiger charge is -2.14. The summed E-state index contributed by atoms with van der Waals surface area (Å²) < 4.78 is 2.06. The van der Waals surface area contributed by atoms with Gasteiger partial charge in [-0.25, -0.2) is 15.0 Å². The van der Waals surface area contributed by atoms with E-state index < -0.39 is 0 Å². The van der Waals surface area contributed by atoms with Gasteiger partial charge in [-0.2, -0.15) is 0 Å². The van der Waals surface area contributed by atoms with Crippen molar-refractivity contribution < 1.29 is 0 Å². The minimum Gasteiger partial charge on any atom is -0.370 e. The van der Waals surface area contributed by atoms with Gasteiger partial charge in [0.2, 0.25) is 0 Å². The second kappa shape index (κ2) is 5.91. The van der Waals surface area contributed by atoms with Crippen molar-refractivity contribution in [2.75, 3.05) is 11.9 Å². The van der Waals surface area contributed by atoms with Crippen molar-refractivity contribution >= 4 is 11.5 Å². The molecule has 0 atom stereocenters. The SMILES string of the molecule is CCCNc1ncnc(-c2cccc3nccn23)c1CC. The van der Waals surface area contributed by atoms with E-state index in [1.165, 1.54) is 0 Å². The van der Waals surface area contributed by atoms with Crippen LogP contribution in [0.3, 0.4) is 0 Å². The largest absolute Gasteiger partial charge is 0.370 e. The van der Waals surface area contributed by atoms with Crippen LogP contribution in [0, 0.1) is 0 Å². The van der Waals surface area contributed by atoms with Crippen LogP contribution in [0.25, 0.3) is 17.0 Å². The van der Waals surface area contributed by atoms with Crippen LogP contribution in [0.4, 0.5) is 5.82 Å². The van der Waals surface area contributed by atoms with Crippen molar-refractivity contribution in [2.24, 2.45) is 0 Å². The molecule has 0 bridgehead atoms. The van der Waals surface area contributed by atoms with E-state index in [-0.39, 0.29) is 0 Å². The highest BCUT2D eigenvalue weighted by Gasteiger charge is 2.13. The lowest BCUT2D eigenvalue weighted by Crippen LogP contribution is -2.08. The smallest absolute Gasteiger partial charge is 0.137 e. The van der Waals surface area contributed by atoms with E-state index in [9.17, 15) is 0 Å². The molecular formula is C16H19N5. The molecule has 0 radical (unpaired) electrons. The first-order valence-corrected chi connectivity index (χ1v) is 7.35. The van der Waals surface area contributed by atoms with Crippen molar-refractivity contribution in [3.05, 3.63) is 42.5 Å². The molecule has 3 aromatic rings. The quantitative estimate of drug-likeness (QED) is 0.780. The van der Waals surface area contributed by atoms with Crippen molar-refractivity contribution in [1.29, 1.82) is 0 Å². The van der Waals surface area contributed by atoms with Gasteiger partial charge < -0.3 is 5.32 Å². The lowest BCUT2D eigenvalue weighted by molar-refractivity contribution is 0.947. The van der Waals surface area contributed by atoms with Gasteiger partial charge in [0.05, 0.1) is 11.4 Å². The number of hydrogen-bond donors (Lipinski definition) is 1. The standard InChI is InChI=1S/C16H19N5/c1-3-8-18-16-12(4-2)15(19-11-20-16)13-6-5-7-14-17-9-10-21(13)14/h5-7,9-11H,3-4,8H2,1-2H3,(H,18,19,20). The Morgan fingerprint density at radius 3 is 2.86 bits per heavy atom. The molecule has 0 spiro atoms. The van der Waals surface area contributed by atoms with E-state index in [0.29, 0.717) is 0 Å². The van der Waals surface area contributed by atoms with Crippen LogP contribution in [0.5, 0.6) is 0 Å². The predicted molar refractivity (Wildman–Crippen MR) is 84.4 cm³/mol. The summed E-state index contributed by atoms with van der Waals surface area (Å²) in [4.78, 5) is 13.2. The van der Waals surface area contributed by atoms with Crippen LogP contribution in [0.2, 0.25) is 0 Å². The highest BCUT2D eigenvalue weighted by atomic mass is 15.0. The minimum absolute atomic E-state index is 0.882. The Hall–Kier alpha value is -2.43. The maximum atomic E-state index is 4.52. The summed E-state index contributed by atoms with van der Waals surface area (Å²) in [5.41, 5.74) is 4.09. The number of anilines is 1. The van der Waals surface area contributed by atoms with E-state index in [2.05, 4.69) is 44.6 Å². The summed E-state index contributed by atoms with van der Waals surface area (Å²) >= 11 is 0. The van der Waals surface area contributed by atoms with Crippen molar-refractivity contribution in [1.82, 2.24) is 19.4 Å².